The molecule has 16 heavy (non-hydrogen) atoms. The number of nitrogens with two attached hydrogens (primary N) is 1. The van der Waals surface area contributed by atoms with Gasteiger partial charge in [0.15, 0.2) is 0 Å². The summed E-state index contributed by atoms with van der Waals surface area (Å²) >= 11 is 1.74. The molecule has 88 valence electrons. The quantitative estimate of drug-likeness (QED) is 0.795. The Bertz CT molecular complexity index is 411. The first-order valence-corrected chi connectivity index (χ1v) is 6.87. The highest BCUT2D eigenvalue weighted by Crippen LogP contribution is 2.53. The molecule has 0 spiro atoms. The van der Waals surface area contributed by atoms with Gasteiger partial charge in [0.05, 0.1) is 0 Å². The Kier molecular flexibility index (Phi) is 2.93. The average Bonchev–Trinajstić information content (AvgIpc) is 3.02. The summed E-state index contributed by atoms with van der Waals surface area (Å²) in [5.41, 5.74) is 8.37. The van der Waals surface area contributed by atoms with Crippen molar-refractivity contribution in [3.8, 4) is 5.75 Å². The van der Waals surface area contributed by atoms with Gasteiger partial charge in [-0.3, -0.25) is 0 Å². The molecule has 1 fully saturated rings. The van der Waals surface area contributed by atoms with Crippen molar-refractivity contribution in [1.82, 2.24) is 0 Å². The van der Waals surface area contributed by atoms with Crippen LogP contribution in [-0.4, -0.2) is 17.4 Å². The van der Waals surface area contributed by atoms with Crippen molar-refractivity contribution < 1.29 is 5.11 Å². The SMILES string of the molecule is CSc1cc(C)c(O)cc1C1(C(C)N)CC1. The second-order valence-corrected chi connectivity index (χ2v) is 5.63. The van der Waals surface area contributed by atoms with Gasteiger partial charge in [-0.2, -0.15) is 0 Å². The van der Waals surface area contributed by atoms with Crippen molar-refractivity contribution >= 4 is 11.8 Å². The summed E-state index contributed by atoms with van der Waals surface area (Å²) in [6.07, 6.45) is 4.36. The summed E-state index contributed by atoms with van der Waals surface area (Å²) in [6.45, 7) is 4.00. The Morgan fingerprint density at radius 3 is 2.50 bits per heavy atom. The maximum absolute atomic E-state index is 9.84. The summed E-state index contributed by atoms with van der Waals surface area (Å²) in [7, 11) is 0. The molecule has 1 saturated carbocycles. The third kappa shape index (κ3) is 1.72. The largest absolute Gasteiger partial charge is 0.508 e. The number of rotatable bonds is 3. The third-order valence-electron chi connectivity index (χ3n) is 3.71. The van der Waals surface area contributed by atoms with Gasteiger partial charge in [-0.15, -0.1) is 11.8 Å². The molecule has 2 nitrogen and oxygen atoms in total. The van der Waals surface area contributed by atoms with Gasteiger partial charge in [-0.05, 0) is 56.2 Å². The molecular weight excluding hydrogens is 218 g/mol. The van der Waals surface area contributed by atoms with Crippen LogP contribution in [0.15, 0.2) is 17.0 Å². The normalized spacial score (nSPS) is 19.5. The second kappa shape index (κ2) is 3.97. The van der Waals surface area contributed by atoms with E-state index in [0.717, 1.165) is 18.4 Å². The molecular formula is C13H19NOS. The first-order valence-electron chi connectivity index (χ1n) is 5.65. The second-order valence-electron chi connectivity index (χ2n) is 4.78. The number of aryl methyl sites for hydroxylation is 1. The van der Waals surface area contributed by atoms with Crippen molar-refractivity contribution in [2.24, 2.45) is 5.73 Å². The lowest BCUT2D eigenvalue weighted by molar-refractivity contribution is 0.465. The molecule has 3 N–H and O–H groups in total. The van der Waals surface area contributed by atoms with E-state index >= 15 is 0 Å². The number of hydrogen-bond donors (Lipinski definition) is 2. The summed E-state index contributed by atoms with van der Waals surface area (Å²) in [6, 6.07) is 4.13. The average molecular weight is 237 g/mol. The van der Waals surface area contributed by atoms with Crippen LogP contribution in [0.4, 0.5) is 0 Å². The first-order chi connectivity index (χ1) is 7.51. The molecule has 0 amide bonds. The zero-order chi connectivity index (χ0) is 11.9. The smallest absolute Gasteiger partial charge is 0.118 e. The van der Waals surface area contributed by atoms with Gasteiger partial charge in [0.2, 0.25) is 0 Å². The molecule has 1 aromatic rings. The van der Waals surface area contributed by atoms with Crippen molar-refractivity contribution in [1.29, 1.82) is 0 Å². The number of benzene rings is 1. The fourth-order valence-electron chi connectivity index (χ4n) is 2.33. The molecule has 1 aliphatic carbocycles. The van der Waals surface area contributed by atoms with E-state index in [4.69, 9.17) is 5.73 Å². The van der Waals surface area contributed by atoms with E-state index in [0.29, 0.717) is 5.75 Å². The van der Waals surface area contributed by atoms with E-state index in [-0.39, 0.29) is 11.5 Å². The van der Waals surface area contributed by atoms with E-state index in [9.17, 15) is 5.11 Å². The van der Waals surface area contributed by atoms with Crippen molar-refractivity contribution in [3.05, 3.63) is 23.3 Å². The summed E-state index contributed by atoms with van der Waals surface area (Å²) in [5.74, 6) is 0.389. The number of thioether (sulfide) groups is 1. The number of phenols is 1. The molecule has 3 heteroatoms. The predicted molar refractivity (Wildman–Crippen MR) is 69.2 cm³/mol. The maximum atomic E-state index is 9.84. The minimum atomic E-state index is 0.115. The number of hydrogen-bond acceptors (Lipinski definition) is 3. The molecule has 1 aliphatic rings. The minimum absolute atomic E-state index is 0.115. The molecule has 1 atom stereocenters. The van der Waals surface area contributed by atoms with Crippen LogP contribution in [0.1, 0.15) is 30.9 Å². The topological polar surface area (TPSA) is 46.2 Å². The van der Waals surface area contributed by atoms with Crippen LogP contribution >= 0.6 is 11.8 Å². The van der Waals surface area contributed by atoms with Gasteiger partial charge in [-0.25, -0.2) is 0 Å². The van der Waals surface area contributed by atoms with Crippen LogP contribution < -0.4 is 5.73 Å². The van der Waals surface area contributed by atoms with E-state index in [1.165, 1.54) is 10.5 Å². The lowest BCUT2D eigenvalue weighted by Crippen LogP contribution is -2.32. The Labute approximate surface area is 101 Å². The van der Waals surface area contributed by atoms with Crippen LogP contribution in [0.25, 0.3) is 0 Å². The summed E-state index contributed by atoms with van der Waals surface area (Å²) in [4.78, 5) is 1.25. The third-order valence-corrected chi connectivity index (χ3v) is 4.49. The lowest BCUT2D eigenvalue weighted by Gasteiger charge is -2.23. The van der Waals surface area contributed by atoms with Gasteiger partial charge in [0.25, 0.3) is 0 Å². The van der Waals surface area contributed by atoms with Gasteiger partial charge in [-0.1, -0.05) is 0 Å². The standard InChI is InChI=1S/C13H19NOS/c1-8-6-12(16-3)10(7-11(8)15)13(4-5-13)9(2)14/h6-7,9,15H,4-5,14H2,1-3H3. The minimum Gasteiger partial charge on any atom is -0.508 e. The van der Waals surface area contributed by atoms with Crippen LogP contribution in [0.2, 0.25) is 0 Å². The van der Waals surface area contributed by atoms with E-state index < -0.39 is 0 Å². The molecule has 0 aromatic heterocycles. The van der Waals surface area contributed by atoms with E-state index in [1.807, 2.05) is 13.0 Å². The molecule has 0 bridgehead atoms. The zero-order valence-corrected chi connectivity index (χ0v) is 10.9. The maximum Gasteiger partial charge on any atom is 0.118 e. The summed E-state index contributed by atoms with van der Waals surface area (Å²) in [5, 5.41) is 9.84. The van der Waals surface area contributed by atoms with Crippen LogP contribution in [0.3, 0.4) is 0 Å². The Hall–Kier alpha value is -0.670. The Morgan fingerprint density at radius 1 is 1.44 bits per heavy atom. The monoisotopic (exact) mass is 237 g/mol. The van der Waals surface area contributed by atoms with Gasteiger partial charge in [0, 0.05) is 16.4 Å². The predicted octanol–water partition coefficient (Wildman–Crippen LogP) is 2.80. The van der Waals surface area contributed by atoms with Crippen LogP contribution in [0.5, 0.6) is 5.75 Å². The highest BCUT2D eigenvalue weighted by Gasteiger charge is 2.48. The molecule has 1 aromatic carbocycles. The molecule has 0 heterocycles. The fourth-order valence-corrected chi connectivity index (χ4v) is 3.11. The number of aromatic hydroxyl groups is 1. The lowest BCUT2D eigenvalue weighted by atomic mass is 9.88. The molecule has 2 rings (SSSR count). The van der Waals surface area contributed by atoms with Gasteiger partial charge < -0.3 is 10.8 Å². The molecule has 0 aliphatic heterocycles. The van der Waals surface area contributed by atoms with E-state index in [2.05, 4.69) is 19.2 Å². The molecule has 0 radical (unpaired) electrons. The summed E-state index contributed by atoms with van der Waals surface area (Å²) < 4.78 is 0. The molecule has 1 unspecified atom stereocenters. The highest BCUT2D eigenvalue weighted by atomic mass is 32.2. The van der Waals surface area contributed by atoms with Gasteiger partial charge >= 0.3 is 0 Å². The van der Waals surface area contributed by atoms with Gasteiger partial charge in [0.1, 0.15) is 5.75 Å². The Morgan fingerprint density at radius 2 is 2.06 bits per heavy atom. The highest BCUT2D eigenvalue weighted by molar-refractivity contribution is 7.98. The van der Waals surface area contributed by atoms with Crippen LogP contribution in [0, 0.1) is 6.92 Å². The zero-order valence-electron chi connectivity index (χ0n) is 10.1. The van der Waals surface area contributed by atoms with Crippen molar-refractivity contribution in [2.45, 2.75) is 43.0 Å². The fraction of sp³-hybridized carbons (Fsp3) is 0.538. The van der Waals surface area contributed by atoms with Crippen LogP contribution in [-0.2, 0) is 5.41 Å². The Balaban J connectivity index is 2.52. The molecule has 0 saturated heterocycles. The number of phenolic OH excluding ortho intramolecular Hbond substituents is 1. The van der Waals surface area contributed by atoms with Crippen molar-refractivity contribution in [2.75, 3.05) is 6.26 Å². The van der Waals surface area contributed by atoms with E-state index in [1.54, 1.807) is 11.8 Å². The first kappa shape index (κ1) is 11.8. The van der Waals surface area contributed by atoms with Crippen molar-refractivity contribution in [3.63, 3.8) is 0 Å².